The minimum atomic E-state index is -0.0830. The van der Waals surface area contributed by atoms with Gasteiger partial charge in [0.15, 0.2) is 0 Å². The molecular formula is C21H25ClN4O2. The van der Waals surface area contributed by atoms with Crippen LogP contribution in [-0.4, -0.2) is 39.8 Å². The number of carbonyl (C=O) groups is 2. The fourth-order valence-electron chi connectivity index (χ4n) is 3.41. The zero-order valence-corrected chi connectivity index (χ0v) is 16.8. The van der Waals surface area contributed by atoms with Crippen molar-refractivity contribution >= 4 is 23.4 Å². The van der Waals surface area contributed by atoms with Crippen molar-refractivity contribution in [2.75, 3.05) is 13.1 Å². The summed E-state index contributed by atoms with van der Waals surface area (Å²) < 4.78 is 0. The standard InChI is InChI=1S/C21H25ClN4O2/c1-15-11-24-19(13-23-15)21(28)26-10-4-5-16(14-26)8-9-20(27)25-12-17-6-2-3-7-18(17)22/h2-3,6-7,11,13,16H,4-5,8-10,12,14H2,1H3,(H,25,27)/t16-/m0/s1. The largest absolute Gasteiger partial charge is 0.352 e. The van der Waals surface area contributed by atoms with Crippen molar-refractivity contribution in [2.45, 2.75) is 39.2 Å². The first-order valence-electron chi connectivity index (χ1n) is 9.61. The molecule has 1 aliphatic heterocycles. The van der Waals surface area contributed by atoms with Gasteiger partial charge in [0.2, 0.25) is 5.91 Å². The summed E-state index contributed by atoms with van der Waals surface area (Å²) in [7, 11) is 0. The highest BCUT2D eigenvalue weighted by atomic mass is 35.5. The third-order valence-electron chi connectivity index (χ3n) is 5.02. The molecule has 0 radical (unpaired) electrons. The smallest absolute Gasteiger partial charge is 0.274 e. The predicted molar refractivity (Wildman–Crippen MR) is 108 cm³/mol. The third-order valence-corrected chi connectivity index (χ3v) is 5.39. The van der Waals surface area contributed by atoms with Crippen LogP contribution in [0.1, 0.15) is 47.4 Å². The van der Waals surface area contributed by atoms with Crippen LogP contribution in [0, 0.1) is 12.8 Å². The summed E-state index contributed by atoms with van der Waals surface area (Å²) in [6.07, 6.45) is 6.32. The van der Waals surface area contributed by atoms with Crippen molar-refractivity contribution in [3.8, 4) is 0 Å². The van der Waals surface area contributed by atoms with E-state index in [0.29, 0.717) is 36.1 Å². The highest BCUT2D eigenvalue weighted by Crippen LogP contribution is 2.22. The molecule has 2 heterocycles. The molecule has 2 amide bonds. The molecule has 1 fully saturated rings. The summed E-state index contributed by atoms with van der Waals surface area (Å²) in [5.41, 5.74) is 2.07. The lowest BCUT2D eigenvalue weighted by molar-refractivity contribution is -0.121. The molecule has 1 atom stereocenters. The number of aromatic nitrogens is 2. The minimum Gasteiger partial charge on any atom is -0.352 e. The molecule has 0 saturated carbocycles. The van der Waals surface area contributed by atoms with Crippen molar-refractivity contribution in [3.63, 3.8) is 0 Å². The maximum absolute atomic E-state index is 12.6. The summed E-state index contributed by atoms with van der Waals surface area (Å²) in [6, 6.07) is 7.49. The predicted octanol–water partition coefficient (Wildman–Crippen LogP) is 3.39. The van der Waals surface area contributed by atoms with E-state index in [9.17, 15) is 9.59 Å². The minimum absolute atomic E-state index is 0.00720. The molecule has 0 spiro atoms. The van der Waals surface area contributed by atoms with Crippen LogP contribution in [-0.2, 0) is 11.3 Å². The number of hydrogen-bond acceptors (Lipinski definition) is 4. The van der Waals surface area contributed by atoms with E-state index >= 15 is 0 Å². The second kappa shape index (κ2) is 9.64. The lowest BCUT2D eigenvalue weighted by Crippen LogP contribution is -2.40. The van der Waals surface area contributed by atoms with Crippen molar-refractivity contribution in [1.29, 1.82) is 0 Å². The zero-order valence-electron chi connectivity index (χ0n) is 16.0. The van der Waals surface area contributed by atoms with E-state index < -0.39 is 0 Å². The molecule has 0 aliphatic carbocycles. The summed E-state index contributed by atoms with van der Waals surface area (Å²) in [5, 5.41) is 3.58. The van der Waals surface area contributed by atoms with Gasteiger partial charge >= 0.3 is 0 Å². The number of rotatable bonds is 6. The topological polar surface area (TPSA) is 75.2 Å². The molecule has 1 N–H and O–H groups in total. The van der Waals surface area contributed by atoms with E-state index in [0.717, 1.165) is 37.1 Å². The molecule has 6 nitrogen and oxygen atoms in total. The molecule has 0 bridgehead atoms. The van der Waals surface area contributed by atoms with E-state index in [1.807, 2.05) is 36.1 Å². The summed E-state index contributed by atoms with van der Waals surface area (Å²) >= 11 is 6.11. The van der Waals surface area contributed by atoms with Crippen LogP contribution < -0.4 is 5.32 Å². The van der Waals surface area contributed by atoms with Gasteiger partial charge in [-0.3, -0.25) is 14.6 Å². The number of amides is 2. The Kier molecular flexibility index (Phi) is 6.98. The molecular weight excluding hydrogens is 376 g/mol. The number of aryl methyl sites for hydroxylation is 1. The molecule has 1 aliphatic rings. The fraction of sp³-hybridized carbons (Fsp3) is 0.429. The molecule has 7 heteroatoms. The van der Waals surface area contributed by atoms with Crippen LogP contribution >= 0.6 is 11.6 Å². The number of nitrogens with zero attached hydrogens (tertiary/aromatic N) is 3. The highest BCUT2D eigenvalue weighted by Gasteiger charge is 2.25. The third kappa shape index (κ3) is 5.52. The Balaban J connectivity index is 1.45. The van der Waals surface area contributed by atoms with Gasteiger partial charge in [0.25, 0.3) is 5.91 Å². The van der Waals surface area contributed by atoms with Gasteiger partial charge in [-0.1, -0.05) is 29.8 Å². The summed E-state index contributed by atoms with van der Waals surface area (Å²) in [5.74, 6) is 0.246. The van der Waals surface area contributed by atoms with E-state index in [1.165, 1.54) is 6.20 Å². The van der Waals surface area contributed by atoms with Crippen LogP contribution in [0.4, 0.5) is 0 Å². The molecule has 2 aromatic rings. The Labute approximate surface area is 170 Å². The lowest BCUT2D eigenvalue weighted by atomic mass is 9.93. The summed E-state index contributed by atoms with van der Waals surface area (Å²) in [4.78, 5) is 35.0. The first kappa shape index (κ1) is 20.3. The zero-order chi connectivity index (χ0) is 19.9. The number of carbonyl (C=O) groups excluding carboxylic acids is 2. The second-order valence-electron chi connectivity index (χ2n) is 7.21. The Morgan fingerprint density at radius 1 is 1.25 bits per heavy atom. The van der Waals surface area contributed by atoms with Gasteiger partial charge in [-0.15, -0.1) is 0 Å². The van der Waals surface area contributed by atoms with Crippen molar-refractivity contribution in [1.82, 2.24) is 20.2 Å². The first-order valence-corrected chi connectivity index (χ1v) is 9.98. The van der Waals surface area contributed by atoms with Crippen LogP contribution in [0.3, 0.4) is 0 Å². The number of piperidine rings is 1. The molecule has 3 rings (SSSR count). The van der Waals surface area contributed by atoms with Crippen LogP contribution in [0.2, 0.25) is 5.02 Å². The van der Waals surface area contributed by atoms with Gasteiger partial charge in [0.05, 0.1) is 11.9 Å². The average molecular weight is 401 g/mol. The van der Waals surface area contributed by atoms with Crippen LogP contribution in [0.25, 0.3) is 0 Å². The van der Waals surface area contributed by atoms with Crippen LogP contribution in [0.15, 0.2) is 36.7 Å². The van der Waals surface area contributed by atoms with Crippen molar-refractivity contribution < 1.29 is 9.59 Å². The number of nitrogens with one attached hydrogen (secondary N) is 1. The second-order valence-corrected chi connectivity index (χ2v) is 7.62. The number of benzene rings is 1. The van der Waals surface area contributed by atoms with Crippen molar-refractivity contribution in [3.05, 3.63) is 58.6 Å². The normalized spacial score (nSPS) is 16.6. The number of hydrogen-bond donors (Lipinski definition) is 1. The van der Waals surface area contributed by atoms with E-state index in [4.69, 9.17) is 11.6 Å². The maximum Gasteiger partial charge on any atom is 0.274 e. The molecule has 1 aromatic carbocycles. The van der Waals surface area contributed by atoms with E-state index in [1.54, 1.807) is 6.20 Å². The molecule has 1 aromatic heterocycles. The van der Waals surface area contributed by atoms with Gasteiger partial charge in [0.1, 0.15) is 5.69 Å². The maximum atomic E-state index is 12.6. The van der Waals surface area contributed by atoms with Gasteiger partial charge in [-0.2, -0.15) is 0 Å². The first-order chi connectivity index (χ1) is 13.5. The Morgan fingerprint density at radius 2 is 2.07 bits per heavy atom. The van der Waals surface area contributed by atoms with Gasteiger partial charge < -0.3 is 10.2 Å². The molecule has 0 unspecified atom stereocenters. The van der Waals surface area contributed by atoms with Gasteiger partial charge in [-0.05, 0) is 43.7 Å². The lowest BCUT2D eigenvalue weighted by Gasteiger charge is -2.32. The Bertz CT molecular complexity index is 825. The van der Waals surface area contributed by atoms with Gasteiger partial charge in [0, 0.05) is 37.3 Å². The number of likely N-dealkylation sites (tertiary alicyclic amines) is 1. The highest BCUT2D eigenvalue weighted by molar-refractivity contribution is 6.31. The fourth-order valence-corrected chi connectivity index (χ4v) is 3.61. The summed E-state index contributed by atoms with van der Waals surface area (Å²) in [6.45, 7) is 3.66. The monoisotopic (exact) mass is 400 g/mol. The van der Waals surface area contributed by atoms with Crippen molar-refractivity contribution in [2.24, 2.45) is 5.92 Å². The molecule has 1 saturated heterocycles. The Hall–Kier alpha value is -2.47. The van der Waals surface area contributed by atoms with E-state index in [-0.39, 0.29) is 11.8 Å². The van der Waals surface area contributed by atoms with E-state index in [2.05, 4.69) is 15.3 Å². The SMILES string of the molecule is Cc1cnc(C(=O)N2CCC[C@@H](CCC(=O)NCc3ccccc3Cl)C2)cn1. The van der Waals surface area contributed by atoms with Crippen LogP contribution in [0.5, 0.6) is 0 Å². The quantitative estimate of drug-likeness (QED) is 0.806. The Morgan fingerprint density at radius 3 is 2.82 bits per heavy atom. The number of halogens is 1. The molecule has 28 heavy (non-hydrogen) atoms. The molecule has 148 valence electrons. The average Bonchev–Trinajstić information content (AvgIpc) is 2.72. The van der Waals surface area contributed by atoms with Gasteiger partial charge in [-0.25, -0.2) is 4.98 Å².